The molecule has 3 aromatic heterocycles. The lowest BCUT2D eigenvalue weighted by Crippen LogP contribution is -2.58. The van der Waals surface area contributed by atoms with E-state index >= 15 is 0 Å². The van der Waals surface area contributed by atoms with E-state index in [-0.39, 0.29) is 17.1 Å². The van der Waals surface area contributed by atoms with Gasteiger partial charge in [0.25, 0.3) is 0 Å². The van der Waals surface area contributed by atoms with Gasteiger partial charge in [-0.05, 0) is 42.3 Å². The van der Waals surface area contributed by atoms with Crippen molar-refractivity contribution in [2.45, 2.75) is 31.2 Å². The maximum Gasteiger partial charge on any atom is 0.434 e. The summed E-state index contributed by atoms with van der Waals surface area (Å²) in [5.74, 6) is 0.296. The molecule has 2 aliphatic rings. The summed E-state index contributed by atoms with van der Waals surface area (Å²) in [5, 5.41) is 4.88. The smallest absolute Gasteiger partial charge is 0.357 e. The lowest BCUT2D eigenvalue weighted by Gasteiger charge is -2.43. The van der Waals surface area contributed by atoms with Gasteiger partial charge in [0.05, 0.1) is 24.2 Å². The lowest BCUT2D eigenvalue weighted by molar-refractivity contribution is -0.702. The number of rotatable bonds is 5. The average Bonchev–Trinajstić information content (AvgIpc) is 3.48. The highest BCUT2D eigenvalue weighted by molar-refractivity contribution is 6.31. The predicted molar refractivity (Wildman–Crippen MR) is 145 cm³/mol. The number of alkyl halides is 3. The monoisotopic (exact) mass is 578 g/mol. The topological polar surface area (TPSA) is 56.0 Å². The van der Waals surface area contributed by atoms with Crippen LogP contribution in [0.1, 0.15) is 23.0 Å². The molecule has 206 valence electrons. The lowest BCUT2D eigenvalue weighted by atomic mass is 9.96. The van der Waals surface area contributed by atoms with Crippen LogP contribution < -0.4 is 14.8 Å². The van der Waals surface area contributed by atoms with E-state index in [1.807, 2.05) is 40.9 Å². The van der Waals surface area contributed by atoms with Gasteiger partial charge < -0.3 is 15.2 Å². The van der Waals surface area contributed by atoms with Crippen molar-refractivity contribution in [3.05, 3.63) is 76.0 Å². The Morgan fingerprint density at radius 1 is 1.15 bits per heavy atom. The van der Waals surface area contributed by atoms with Crippen LogP contribution in [-0.4, -0.2) is 58.2 Å². The second kappa shape index (κ2) is 10.3. The number of piperazine rings is 1. The van der Waals surface area contributed by atoms with Crippen molar-refractivity contribution >= 4 is 39.9 Å². The minimum atomic E-state index is -4.61. The fourth-order valence-corrected chi connectivity index (χ4v) is 6.29. The van der Waals surface area contributed by atoms with E-state index in [2.05, 4.69) is 37.3 Å². The largest absolute Gasteiger partial charge is 0.434 e. The number of nitrogens with one attached hydrogen (secondary N) is 2. The van der Waals surface area contributed by atoms with Gasteiger partial charge in [0, 0.05) is 54.3 Å². The highest BCUT2D eigenvalue weighted by atomic mass is 35.5. The normalized spacial score (nSPS) is 20.5. The van der Waals surface area contributed by atoms with Gasteiger partial charge in [-0.1, -0.05) is 23.2 Å². The molecule has 12 heteroatoms. The Kier molecular flexibility index (Phi) is 6.99. The van der Waals surface area contributed by atoms with Crippen LogP contribution in [-0.2, 0) is 26.2 Å². The SMILES string of the molecule is Cn1cc[n+](CC2c3[nH]c4ccc(Cl)cc4c3CCN2CC2CNCCN2c2ccc(Cl)c(C(F)(F)F)n2)c1. The van der Waals surface area contributed by atoms with Gasteiger partial charge in [-0.15, -0.1) is 0 Å². The molecule has 0 spiro atoms. The molecule has 0 amide bonds. The van der Waals surface area contributed by atoms with Crippen LogP contribution in [0.2, 0.25) is 10.0 Å². The number of pyridine rings is 1. The fourth-order valence-electron chi connectivity index (χ4n) is 5.91. The number of imidazole rings is 1. The van der Waals surface area contributed by atoms with E-state index in [9.17, 15) is 13.2 Å². The Hall–Kier alpha value is -2.79. The third-order valence-corrected chi connectivity index (χ3v) is 8.26. The minimum absolute atomic E-state index is 0.0417. The Bertz CT molecular complexity index is 1500. The number of aromatic amines is 1. The first-order valence-electron chi connectivity index (χ1n) is 12.9. The first-order valence-corrected chi connectivity index (χ1v) is 13.7. The molecule has 2 unspecified atom stereocenters. The van der Waals surface area contributed by atoms with Crippen molar-refractivity contribution in [1.82, 2.24) is 24.8 Å². The maximum absolute atomic E-state index is 13.6. The Morgan fingerprint density at radius 2 is 2.00 bits per heavy atom. The molecule has 2 atom stereocenters. The molecule has 1 saturated heterocycles. The Morgan fingerprint density at radius 3 is 2.77 bits per heavy atom. The maximum atomic E-state index is 13.6. The number of nitrogens with zero attached hydrogens (tertiary/aromatic N) is 5. The van der Waals surface area contributed by atoms with Crippen LogP contribution >= 0.6 is 23.2 Å². The molecular weight excluding hydrogens is 550 g/mol. The first kappa shape index (κ1) is 26.4. The van der Waals surface area contributed by atoms with Crippen LogP contribution in [0, 0.1) is 0 Å². The number of anilines is 1. The van der Waals surface area contributed by atoms with Gasteiger partial charge in [0.1, 0.15) is 24.8 Å². The van der Waals surface area contributed by atoms with Gasteiger partial charge in [-0.3, -0.25) is 4.90 Å². The van der Waals surface area contributed by atoms with Crippen molar-refractivity contribution in [3.63, 3.8) is 0 Å². The number of aromatic nitrogens is 4. The van der Waals surface area contributed by atoms with Crippen molar-refractivity contribution < 1.29 is 17.7 Å². The number of benzene rings is 1. The quantitative estimate of drug-likeness (QED) is 0.340. The summed E-state index contributed by atoms with van der Waals surface area (Å²) in [5.41, 5.74) is 2.45. The summed E-state index contributed by atoms with van der Waals surface area (Å²) in [4.78, 5) is 12.0. The third-order valence-electron chi connectivity index (χ3n) is 7.72. The van der Waals surface area contributed by atoms with Gasteiger partial charge in [-0.2, -0.15) is 13.2 Å². The van der Waals surface area contributed by atoms with Crippen molar-refractivity contribution in [2.24, 2.45) is 7.05 Å². The van der Waals surface area contributed by atoms with Gasteiger partial charge in [0.15, 0.2) is 5.69 Å². The van der Waals surface area contributed by atoms with Crippen molar-refractivity contribution in [3.8, 4) is 0 Å². The van der Waals surface area contributed by atoms with Gasteiger partial charge in [0.2, 0.25) is 6.33 Å². The van der Waals surface area contributed by atoms with Crippen LogP contribution in [0.5, 0.6) is 0 Å². The van der Waals surface area contributed by atoms with E-state index in [4.69, 9.17) is 23.2 Å². The number of hydrogen-bond donors (Lipinski definition) is 2. The summed E-state index contributed by atoms with van der Waals surface area (Å²) in [6.07, 6.45) is 2.35. The number of fused-ring (bicyclic) bond motifs is 3. The van der Waals surface area contributed by atoms with Crippen LogP contribution in [0.3, 0.4) is 0 Å². The van der Waals surface area contributed by atoms with E-state index in [0.29, 0.717) is 37.0 Å². The van der Waals surface area contributed by atoms with Gasteiger partial charge >= 0.3 is 6.18 Å². The summed E-state index contributed by atoms with van der Waals surface area (Å²) >= 11 is 12.2. The molecule has 0 bridgehead atoms. The summed E-state index contributed by atoms with van der Waals surface area (Å²) in [6.45, 7) is 4.06. The molecule has 39 heavy (non-hydrogen) atoms. The third kappa shape index (κ3) is 5.23. The highest BCUT2D eigenvalue weighted by Crippen LogP contribution is 2.37. The zero-order valence-corrected chi connectivity index (χ0v) is 22.9. The molecular formula is C27H29Cl2F3N7+. The molecule has 1 fully saturated rings. The number of H-pyrrole nitrogens is 1. The fraction of sp³-hybridized carbons (Fsp3) is 0.407. The van der Waals surface area contributed by atoms with Crippen molar-refractivity contribution in [1.29, 1.82) is 0 Å². The summed E-state index contributed by atoms with van der Waals surface area (Å²) < 4.78 is 44.9. The van der Waals surface area contributed by atoms with E-state index in [1.54, 1.807) is 6.07 Å². The molecule has 6 rings (SSSR count). The zero-order valence-electron chi connectivity index (χ0n) is 21.3. The summed E-state index contributed by atoms with van der Waals surface area (Å²) in [7, 11) is 1.99. The average molecular weight is 579 g/mol. The Balaban J connectivity index is 1.33. The predicted octanol–water partition coefficient (Wildman–Crippen LogP) is 4.59. The first-order chi connectivity index (χ1) is 18.7. The van der Waals surface area contributed by atoms with Gasteiger partial charge in [-0.25, -0.2) is 14.1 Å². The number of hydrogen-bond acceptors (Lipinski definition) is 4. The highest BCUT2D eigenvalue weighted by Gasteiger charge is 2.38. The Labute approximate surface area is 234 Å². The number of aryl methyl sites for hydroxylation is 1. The minimum Gasteiger partial charge on any atom is -0.357 e. The molecule has 1 aromatic carbocycles. The molecule has 2 N–H and O–H groups in total. The van der Waals surface area contributed by atoms with Crippen LogP contribution in [0.15, 0.2) is 49.1 Å². The standard InChI is InChI=1S/C27H29Cl2F3N7/c1-36-10-11-37(16-36)15-23-25-19(20-12-17(28)2-4-22(20)34-25)6-8-38(23)14-18-13-33-7-9-39(18)24-5-3-21(29)26(35-24)27(30,31)32/h2-5,10-12,16,18,23,33-34H,6-9,13-15H2,1H3/q+1. The molecule has 0 aliphatic carbocycles. The van der Waals surface area contributed by atoms with Crippen LogP contribution in [0.4, 0.5) is 19.0 Å². The molecule has 4 aromatic rings. The second-order valence-electron chi connectivity index (χ2n) is 10.3. The van der Waals surface area contributed by atoms with Crippen LogP contribution in [0.25, 0.3) is 10.9 Å². The van der Waals surface area contributed by atoms with Crippen molar-refractivity contribution in [2.75, 3.05) is 37.6 Å². The number of halogens is 5. The summed E-state index contributed by atoms with van der Waals surface area (Å²) in [6, 6.07) is 8.78. The molecule has 2 aliphatic heterocycles. The van der Waals surface area contributed by atoms with E-state index in [0.717, 1.165) is 36.1 Å². The molecule has 7 nitrogen and oxygen atoms in total. The second-order valence-corrected chi connectivity index (χ2v) is 11.1. The molecule has 0 saturated carbocycles. The van der Waals surface area contributed by atoms with E-state index < -0.39 is 11.9 Å². The molecule has 5 heterocycles. The molecule has 0 radical (unpaired) electrons. The van der Waals surface area contributed by atoms with E-state index in [1.165, 1.54) is 11.6 Å². The zero-order chi connectivity index (χ0) is 27.3.